The van der Waals surface area contributed by atoms with E-state index >= 15 is 0 Å². The number of para-hydroxylation sites is 1. The largest absolute Gasteiger partial charge is 0.361 e. The van der Waals surface area contributed by atoms with Gasteiger partial charge in [0.2, 0.25) is 5.91 Å². The van der Waals surface area contributed by atoms with Crippen molar-refractivity contribution in [2.75, 3.05) is 10.6 Å². The third-order valence-corrected chi connectivity index (χ3v) is 8.00. The molecule has 45 heavy (non-hydrogen) atoms. The molecule has 11 heteroatoms. The molecular weight excluding hydrogens is 590 g/mol. The lowest BCUT2D eigenvalue weighted by molar-refractivity contribution is -0.384. The fourth-order valence-electron chi connectivity index (χ4n) is 4.55. The van der Waals surface area contributed by atoms with Gasteiger partial charge >= 0.3 is 0 Å². The number of rotatable bonds is 10. The van der Waals surface area contributed by atoms with E-state index in [9.17, 15) is 24.5 Å². The summed E-state index contributed by atoms with van der Waals surface area (Å²) in [5.41, 5.74) is 3.58. The Morgan fingerprint density at radius 2 is 1.67 bits per heavy atom. The zero-order chi connectivity index (χ0) is 31.9. The van der Waals surface area contributed by atoms with Gasteiger partial charge in [-0.15, -0.1) is 11.8 Å². The first kappa shape index (κ1) is 30.8. The molecule has 0 saturated heterocycles. The third kappa shape index (κ3) is 7.64. The van der Waals surface area contributed by atoms with Crippen LogP contribution in [0.25, 0.3) is 17.0 Å². The predicted octanol–water partition coefficient (Wildman–Crippen LogP) is 6.91. The molecule has 0 aliphatic heterocycles. The fourth-order valence-corrected chi connectivity index (χ4v) is 5.48. The molecule has 0 bridgehead atoms. The number of carbonyl (C=O) groups is 3. The van der Waals surface area contributed by atoms with Crippen molar-refractivity contribution in [2.45, 2.75) is 24.0 Å². The van der Waals surface area contributed by atoms with Crippen LogP contribution in [-0.4, -0.2) is 32.9 Å². The van der Waals surface area contributed by atoms with E-state index in [1.807, 2.05) is 30.3 Å². The lowest BCUT2D eigenvalue weighted by Crippen LogP contribution is -2.30. The standard InChI is InChI=1S/C34H29N5O5S/c1-21-17-26(39(43)44)15-16-29(21)37-32(40)22(2)45-27-12-8-11-25(19-27)36-34(42)31(38-33(41)23-9-4-3-5-10-23)18-24-20-35-30-14-7-6-13-28(24)30/h3-20,22,35H,1-2H3,(H,36,42)(H,37,40)(H,38,41)/b31-18-. The lowest BCUT2D eigenvalue weighted by atomic mass is 10.1. The molecule has 0 aliphatic rings. The maximum atomic E-state index is 13.6. The van der Waals surface area contributed by atoms with Crippen LogP contribution < -0.4 is 16.0 Å². The highest BCUT2D eigenvalue weighted by Gasteiger charge is 2.19. The van der Waals surface area contributed by atoms with E-state index in [-0.39, 0.29) is 17.3 Å². The number of amides is 3. The van der Waals surface area contributed by atoms with Crippen molar-refractivity contribution in [1.29, 1.82) is 0 Å². The molecule has 0 spiro atoms. The second-order valence-electron chi connectivity index (χ2n) is 10.2. The maximum absolute atomic E-state index is 13.6. The van der Waals surface area contributed by atoms with Crippen LogP contribution in [0.2, 0.25) is 0 Å². The molecule has 0 fully saturated rings. The average Bonchev–Trinajstić information content (AvgIpc) is 3.44. The summed E-state index contributed by atoms with van der Waals surface area (Å²) in [6.45, 7) is 3.43. The number of nitrogens with zero attached hydrogens (tertiary/aromatic N) is 1. The number of aromatic amines is 1. The van der Waals surface area contributed by atoms with Crippen LogP contribution in [0.5, 0.6) is 0 Å². The normalized spacial score (nSPS) is 11.9. The van der Waals surface area contributed by atoms with Gasteiger partial charge in [-0.1, -0.05) is 42.5 Å². The molecule has 1 unspecified atom stereocenters. The zero-order valence-corrected chi connectivity index (χ0v) is 25.2. The van der Waals surface area contributed by atoms with E-state index < -0.39 is 22.0 Å². The van der Waals surface area contributed by atoms with Crippen molar-refractivity contribution in [3.05, 3.63) is 136 Å². The first-order valence-electron chi connectivity index (χ1n) is 14.0. The molecule has 1 heterocycles. The number of nitro groups is 1. The van der Waals surface area contributed by atoms with Crippen molar-refractivity contribution in [2.24, 2.45) is 0 Å². The van der Waals surface area contributed by atoms with E-state index in [0.29, 0.717) is 22.5 Å². The first-order valence-corrected chi connectivity index (χ1v) is 14.8. The Morgan fingerprint density at radius 1 is 0.911 bits per heavy atom. The number of nitrogens with one attached hydrogen (secondary N) is 4. The number of anilines is 2. The molecule has 4 aromatic carbocycles. The number of nitro benzene ring substituents is 1. The van der Waals surface area contributed by atoms with Gasteiger partial charge < -0.3 is 20.9 Å². The zero-order valence-electron chi connectivity index (χ0n) is 24.4. The molecule has 226 valence electrons. The first-order chi connectivity index (χ1) is 21.7. The Kier molecular flexibility index (Phi) is 9.40. The van der Waals surface area contributed by atoms with Crippen LogP contribution in [-0.2, 0) is 9.59 Å². The fraction of sp³-hybridized carbons (Fsp3) is 0.0882. The summed E-state index contributed by atoms with van der Waals surface area (Å²) in [6, 6.07) is 27.6. The number of aromatic nitrogens is 1. The molecule has 1 atom stereocenters. The second-order valence-corrected chi connectivity index (χ2v) is 11.6. The highest BCUT2D eigenvalue weighted by molar-refractivity contribution is 8.00. The number of thioether (sulfide) groups is 1. The maximum Gasteiger partial charge on any atom is 0.272 e. The minimum Gasteiger partial charge on any atom is -0.361 e. The second kappa shape index (κ2) is 13.7. The van der Waals surface area contributed by atoms with Crippen molar-refractivity contribution in [3.63, 3.8) is 0 Å². The van der Waals surface area contributed by atoms with Crippen LogP contribution in [0.1, 0.15) is 28.4 Å². The van der Waals surface area contributed by atoms with Gasteiger partial charge in [0.15, 0.2) is 0 Å². The molecular formula is C34H29N5O5S. The molecule has 0 aliphatic carbocycles. The Morgan fingerprint density at radius 3 is 2.42 bits per heavy atom. The van der Waals surface area contributed by atoms with Gasteiger partial charge in [-0.3, -0.25) is 24.5 Å². The van der Waals surface area contributed by atoms with Gasteiger partial charge in [0.05, 0.1) is 10.2 Å². The van der Waals surface area contributed by atoms with Gasteiger partial charge in [0, 0.05) is 56.6 Å². The molecule has 0 radical (unpaired) electrons. The smallest absolute Gasteiger partial charge is 0.272 e. The van der Waals surface area contributed by atoms with Crippen molar-refractivity contribution >= 4 is 63.5 Å². The van der Waals surface area contributed by atoms with Crippen LogP contribution in [0, 0.1) is 17.0 Å². The molecule has 0 saturated carbocycles. The van der Waals surface area contributed by atoms with Crippen LogP contribution in [0.15, 0.2) is 114 Å². The van der Waals surface area contributed by atoms with Gasteiger partial charge in [-0.25, -0.2) is 0 Å². The number of hydrogen-bond donors (Lipinski definition) is 4. The summed E-state index contributed by atoms with van der Waals surface area (Å²) in [5.74, 6) is -1.23. The minimum absolute atomic E-state index is 0.0501. The number of fused-ring (bicyclic) bond motifs is 1. The summed E-state index contributed by atoms with van der Waals surface area (Å²) < 4.78 is 0. The summed E-state index contributed by atoms with van der Waals surface area (Å²) in [4.78, 5) is 54.0. The number of hydrogen-bond acceptors (Lipinski definition) is 6. The van der Waals surface area contributed by atoms with Crippen LogP contribution in [0.3, 0.4) is 0 Å². The van der Waals surface area contributed by atoms with E-state index in [1.165, 1.54) is 30.0 Å². The van der Waals surface area contributed by atoms with Crippen molar-refractivity contribution in [1.82, 2.24) is 10.3 Å². The van der Waals surface area contributed by atoms with E-state index in [4.69, 9.17) is 0 Å². The van der Waals surface area contributed by atoms with E-state index in [2.05, 4.69) is 20.9 Å². The number of H-pyrrole nitrogens is 1. The third-order valence-electron chi connectivity index (χ3n) is 6.90. The minimum atomic E-state index is -0.522. The highest BCUT2D eigenvalue weighted by Crippen LogP contribution is 2.28. The Bertz CT molecular complexity index is 1940. The quantitative estimate of drug-likeness (QED) is 0.0578. The number of non-ortho nitro benzene ring substituents is 1. The highest BCUT2D eigenvalue weighted by atomic mass is 32.2. The van der Waals surface area contributed by atoms with Gasteiger partial charge in [0.1, 0.15) is 5.70 Å². The summed E-state index contributed by atoms with van der Waals surface area (Å²) >= 11 is 1.29. The van der Waals surface area contributed by atoms with Crippen molar-refractivity contribution in [3.8, 4) is 0 Å². The van der Waals surface area contributed by atoms with E-state index in [1.54, 1.807) is 74.7 Å². The molecule has 3 amide bonds. The molecule has 10 nitrogen and oxygen atoms in total. The average molecular weight is 620 g/mol. The van der Waals surface area contributed by atoms with Gasteiger partial charge in [-0.2, -0.15) is 0 Å². The lowest BCUT2D eigenvalue weighted by Gasteiger charge is -2.15. The topological polar surface area (TPSA) is 146 Å². The summed E-state index contributed by atoms with van der Waals surface area (Å²) in [6.07, 6.45) is 3.40. The van der Waals surface area contributed by atoms with Gasteiger partial charge in [0.25, 0.3) is 17.5 Å². The Balaban J connectivity index is 1.31. The van der Waals surface area contributed by atoms with Gasteiger partial charge in [-0.05, 0) is 68.0 Å². The molecule has 4 N–H and O–H groups in total. The summed E-state index contributed by atoms with van der Waals surface area (Å²) in [7, 11) is 0. The van der Waals surface area contributed by atoms with Crippen LogP contribution >= 0.6 is 11.8 Å². The molecule has 1 aromatic heterocycles. The van der Waals surface area contributed by atoms with E-state index in [0.717, 1.165) is 21.4 Å². The SMILES string of the molecule is Cc1cc([N+](=O)[O-])ccc1NC(=O)C(C)Sc1cccc(NC(=O)/C(=C/c2c[nH]c3ccccc23)NC(=O)c2ccccc2)c1. The molecule has 5 aromatic rings. The van der Waals surface area contributed by atoms with Crippen LogP contribution in [0.4, 0.5) is 17.1 Å². The predicted molar refractivity (Wildman–Crippen MR) is 177 cm³/mol. The number of benzene rings is 4. The van der Waals surface area contributed by atoms with Crippen molar-refractivity contribution < 1.29 is 19.3 Å². The monoisotopic (exact) mass is 619 g/mol. The summed E-state index contributed by atoms with van der Waals surface area (Å²) in [5, 5.41) is 19.8. The number of aryl methyl sites for hydroxylation is 1. The number of carbonyl (C=O) groups excluding carboxylic acids is 3. The Labute approximate surface area is 263 Å². The Hall–Kier alpha value is -5.68. The molecule has 5 rings (SSSR count).